The molecule has 0 saturated heterocycles. The molecule has 2 aromatic rings. The van der Waals surface area contributed by atoms with E-state index in [1.165, 1.54) is 7.11 Å². The Balaban J connectivity index is 2.37. The normalized spacial score (nSPS) is 13.8. The van der Waals surface area contributed by atoms with Gasteiger partial charge < -0.3 is 9.84 Å². The Hall–Kier alpha value is -1.87. The van der Waals surface area contributed by atoms with Gasteiger partial charge >= 0.3 is 0 Å². The Morgan fingerprint density at radius 1 is 1.14 bits per heavy atom. The summed E-state index contributed by atoms with van der Waals surface area (Å²) in [5.41, 5.74) is 2.26. The molecule has 0 aliphatic rings. The lowest BCUT2D eigenvalue weighted by molar-refractivity contribution is 0.0565. The van der Waals surface area contributed by atoms with Crippen molar-refractivity contribution in [3.05, 3.63) is 64.5 Å². The molecule has 0 aliphatic heterocycles. The minimum atomic E-state index is -1.13. The van der Waals surface area contributed by atoms with Crippen LogP contribution in [0.25, 0.3) is 0 Å². The molecule has 2 aromatic carbocycles. The quantitative estimate of drug-likeness (QED) is 0.924. The molecule has 0 amide bonds. The highest BCUT2D eigenvalue weighted by Gasteiger charge is 2.26. The van der Waals surface area contributed by atoms with Crippen LogP contribution in [0, 0.1) is 19.7 Å². The summed E-state index contributed by atoms with van der Waals surface area (Å²) in [6, 6.07) is 10.9. The fraction of sp³-hybridized carbons (Fsp3) is 0.333. The summed E-state index contributed by atoms with van der Waals surface area (Å²) in [6.07, 6.45) is 0.193. The van der Waals surface area contributed by atoms with Crippen molar-refractivity contribution in [1.29, 1.82) is 0 Å². The largest absolute Gasteiger partial charge is 0.494 e. The van der Waals surface area contributed by atoms with Gasteiger partial charge in [-0.15, -0.1) is 0 Å². The van der Waals surface area contributed by atoms with Crippen LogP contribution in [0.3, 0.4) is 0 Å². The van der Waals surface area contributed by atoms with Crippen LogP contribution < -0.4 is 4.74 Å². The number of benzene rings is 2. The van der Waals surface area contributed by atoms with E-state index in [0.717, 1.165) is 16.7 Å². The Kier molecular flexibility index (Phi) is 4.33. The summed E-state index contributed by atoms with van der Waals surface area (Å²) >= 11 is 0. The Bertz CT molecular complexity index is 627. The van der Waals surface area contributed by atoms with Gasteiger partial charge in [-0.05, 0) is 38.0 Å². The van der Waals surface area contributed by atoms with E-state index in [2.05, 4.69) is 0 Å². The average molecular weight is 288 g/mol. The molecule has 1 N–H and O–H groups in total. The predicted octanol–water partition coefficient (Wildman–Crippen LogP) is 3.90. The van der Waals surface area contributed by atoms with Crippen molar-refractivity contribution in [2.24, 2.45) is 0 Å². The van der Waals surface area contributed by atoms with Gasteiger partial charge in [-0.25, -0.2) is 4.39 Å². The molecule has 0 aliphatic carbocycles. The van der Waals surface area contributed by atoms with Gasteiger partial charge in [0.2, 0.25) is 0 Å². The summed E-state index contributed by atoms with van der Waals surface area (Å²) < 4.78 is 19.2. The molecule has 0 saturated carbocycles. The third-order valence-electron chi connectivity index (χ3n) is 3.64. The molecule has 0 fully saturated rings. The molecule has 1 unspecified atom stereocenters. The van der Waals surface area contributed by atoms with E-state index in [1.54, 1.807) is 25.1 Å². The van der Waals surface area contributed by atoms with Gasteiger partial charge in [0.15, 0.2) is 11.6 Å². The average Bonchev–Trinajstić information content (AvgIpc) is 2.40. The third-order valence-corrected chi connectivity index (χ3v) is 3.64. The molecule has 0 bridgehead atoms. The van der Waals surface area contributed by atoms with E-state index in [9.17, 15) is 9.50 Å². The summed E-state index contributed by atoms with van der Waals surface area (Å²) in [5, 5.41) is 10.8. The summed E-state index contributed by atoms with van der Waals surface area (Å²) in [5.74, 6) is -0.214. The molecule has 0 radical (unpaired) electrons. The standard InChI is InChI=1S/C18H21FO2/c1-12-8-13(2)10-15(9-12)18(3,20)11-14-6-5-7-16(21-4)17(14)19/h5-10,20H,11H2,1-4H3. The number of ether oxygens (including phenoxy) is 1. The number of aliphatic hydroxyl groups is 1. The van der Waals surface area contributed by atoms with Crippen molar-refractivity contribution in [2.45, 2.75) is 32.8 Å². The third kappa shape index (κ3) is 3.42. The highest BCUT2D eigenvalue weighted by Crippen LogP contribution is 2.30. The second-order valence-corrected chi connectivity index (χ2v) is 5.76. The highest BCUT2D eigenvalue weighted by molar-refractivity contribution is 5.36. The van der Waals surface area contributed by atoms with E-state index in [4.69, 9.17) is 4.74 Å². The second kappa shape index (κ2) is 5.86. The van der Waals surface area contributed by atoms with Crippen LogP contribution in [0.4, 0.5) is 4.39 Å². The first kappa shape index (κ1) is 15.5. The first-order chi connectivity index (χ1) is 9.83. The van der Waals surface area contributed by atoms with E-state index < -0.39 is 11.4 Å². The minimum Gasteiger partial charge on any atom is -0.494 e. The SMILES string of the molecule is COc1cccc(CC(C)(O)c2cc(C)cc(C)c2)c1F. The lowest BCUT2D eigenvalue weighted by Crippen LogP contribution is -2.25. The van der Waals surface area contributed by atoms with Crippen LogP contribution in [0.1, 0.15) is 29.2 Å². The Morgan fingerprint density at radius 2 is 1.76 bits per heavy atom. The van der Waals surface area contributed by atoms with Crippen LogP contribution >= 0.6 is 0 Å². The van der Waals surface area contributed by atoms with Gasteiger partial charge in [-0.2, -0.15) is 0 Å². The van der Waals surface area contributed by atoms with E-state index in [0.29, 0.717) is 5.56 Å². The lowest BCUT2D eigenvalue weighted by atomic mass is 9.87. The fourth-order valence-electron chi connectivity index (χ4n) is 2.61. The van der Waals surface area contributed by atoms with Gasteiger partial charge in [-0.1, -0.05) is 41.5 Å². The van der Waals surface area contributed by atoms with Crippen LogP contribution in [-0.4, -0.2) is 12.2 Å². The van der Waals surface area contributed by atoms with Gasteiger partial charge in [-0.3, -0.25) is 0 Å². The summed E-state index contributed by atoms with van der Waals surface area (Å²) in [7, 11) is 1.43. The zero-order valence-corrected chi connectivity index (χ0v) is 12.9. The van der Waals surface area contributed by atoms with E-state index in [1.807, 2.05) is 32.0 Å². The van der Waals surface area contributed by atoms with Crippen molar-refractivity contribution in [1.82, 2.24) is 0 Å². The topological polar surface area (TPSA) is 29.5 Å². The molecule has 0 spiro atoms. The summed E-state index contributed by atoms with van der Waals surface area (Å²) in [6.45, 7) is 5.68. The van der Waals surface area contributed by atoms with Crippen LogP contribution in [0.5, 0.6) is 5.75 Å². The Labute approximate surface area is 125 Å². The molecule has 0 aromatic heterocycles. The zero-order chi connectivity index (χ0) is 15.6. The molecule has 3 heteroatoms. The fourth-order valence-corrected chi connectivity index (χ4v) is 2.61. The summed E-state index contributed by atoms with van der Waals surface area (Å²) in [4.78, 5) is 0. The maximum atomic E-state index is 14.2. The molecule has 2 nitrogen and oxygen atoms in total. The number of hydrogen-bond acceptors (Lipinski definition) is 2. The van der Waals surface area contributed by atoms with Gasteiger partial charge in [0.25, 0.3) is 0 Å². The van der Waals surface area contributed by atoms with Crippen molar-refractivity contribution >= 4 is 0 Å². The first-order valence-electron chi connectivity index (χ1n) is 6.96. The number of hydrogen-bond donors (Lipinski definition) is 1. The minimum absolute atomic E-state index is 0.193. The molecular weight excluding hydrogens is 267 g/mol. The van der Waals surface area contributed by atoms with Gasteiger partial charge in [0.05, 0.1) is 12.7 Å². The maximum Gasteiger partial charge on any atom is 0.168 e. The van der Waals surface area contributed by atoms with Crippen LogP contribution in [-0.2, 0) is 12.0 Å². The van der Waals surface area contributed by atoms with Crippen molar-refractivity contribution in [3.8, 4) is 5.75 Å². The number of aryl methyl sites for hydroxylation is 2. The monoisotopic (exact) mass is 288 g/mol. The number of methoxy groups -OCH3 is 1. The molecule has 21 heavy (non-hydrogen) atoms. The molecule has 1 atom stereocenters. The van der Waals surface area contributed by atoms with Crippen molar-refractivity contribution < 1.29 is 14.2 Å². The molecular formula is C18H21FO2. The van der Waals surface area contributed by atoms with Crippen molar-refractivity contribution in [3.63, 3.8) is 0 Å². The maximum absolute atomic E-state index is 14.2. The predicted molar refractivity (Wildman–Crippen MR) is 82.1 cm³/mol. The first-order valence-corrected chi connectivity index (χ1v) is 6.96. The zero-order valence-electron chi connectivity index (χ0n) is 12.9. The molecule has 2 rings (SSSR count). The van der Waals surface area contributed by atoms with E-state index >= 15 is 0 Å². The van der Waals surface area contributed by atoms with E-state index in [-0.39, 0.29) is 12.2 Å². The molecule has 0 heterocycles. The van der Waals surface area contributed by atoms with Gasteiger partial charge in [0, 0.05) is 6.42 Å². The molecule has 112 valence electrons. The van der Waals surface area contributed by atoms with Gasteiger partial charge in [0.1, 0.15) is 0 Å². The number of halogens is 1. The van der Waals surface area contributed by atoms with Crippen molar-refractivity contribution in [2.75, 3.05) is 7.11 Å². The highest BCUT2D eigenvalue weighted by atomic mass is 19.1. The van der Waals surface area contributed by atoms with Crippen LogP contribution in [0.15, 0.2) is 36.4 Å². The second-order valence-electron chi connectivity index (χ2n) is 5.76. The smallest absolute Gasteiger partial charge is 0.168 e. The lowest BCUT2D eigenvalue weighted by Gasteiger charge is -2.25. The number of rotatable bonds is 4. The Morgan fingerprint density at radius 3 is 2.33 bits per heavy atom. The van der Waals surface area contributed by atoms with Crippen LogP contribution in [0.2, 0.25) is 0 Å².